The highest BCUT2D eigenvalue weighted by molar-refractivity contribution is 7.98. The van der Waals surface area contributed by atoms with Gasteiger partial charge in [0, 0.05) is 41.2 Å². The minimum Gasteiger partial charge on any atom is -0.543 e. The van der Waals surface area contributed by atoms with Gasteiger partial charge in [-0.05, 0) is 68.4 Å². The molecule has 51 heavy (non-hydrogen) atoms. The third-order valence-electron chi connectivity index (χ3n) is 10.2. The standard InChI is InChI=1S/C37H52N4O7S2Si/c1-22(2)37(5,6)51(8,9)48-31-16-30(44-7)23(3)33-28(31)20-50-21-29(34-39-24(4)41-47-34)40-32(49)15-12-26(19-46-36(33)43)18-45-35(42)27-13-10-25(17-38)11-14-27/h10-11,13-14,16,22,26,29H,12,15,17-21,38H2,1-9H3,(H,40,49)/t26-,29-/m0/s1. The van der Waals surface area contributed by atoms with Gasteiger partial charge in [0.2, 0.25) is 5.89 Å². The number of methoxy groups -OCH3 is 1. The fourth-order valence-electron chi connectivity index (χ4n) is 5.66. The maximum Gasteiger partial charge on any atom is 0.338 e. The third kappa shape index (κ3) is 9.90. The van der Waals surface area contributed by atoms with Crippen molar-refractivity contribution in [1.29, 1.82) is 0 Å². The van der Waals surface area contributed by atoms with Crippen LogP contribution in [0, 0.1) is 25.7 Å². The quantitative estimate of drug-likeness (QED) is 0.120. The fraction of sp³-hybridized carbons (Fsp3) is 0.541. The minimum atomic E-state index is -2.43. The number of nitrogens with one attached hydrogen (secondary N) is 1. The number of aryl methyl sites for hydroxylation is 1. The zero-order valence-electron chi connectivity index (χ0n) is 31.2. The molecule has 0 bridgehead atoms. The van der Waals surface area contributed by atoms with Crippen LogP contribution in [0.15, 0.2) is 34.9 Å². The van der Waals surface area contributed by atoms with Gasteiger partial charge >= 0.3 is 11.9 Å². The molecule has 0 spiro atoms. The van der Waals surface area contributed by atoms with E-state index in [1.54, 1.807) is 50.1 Å². The zero-order chi connectivity index (χ0) is 37.5. The number of cyclic esters (lactones) is 1. The highest BCUT2D eigenvalue weighted by Gasteiger charge is 2.45. The van der Waals surface area contributed by atoms with E-state index in [-0.39, 0.29) is 30.2 Å². The lowest BCUT2D eigenvalue weighted by molar-refractivity contribution is 0.0248. The Morgan fingerprint density at radius 1 is 1.20 bits per heavy atom. The molecule has 278 valence electrons. The van der Waals surface area contributed by atoms with Gasteiger partial charge in [-0.1, -0.05) is 57.2 Å². The summed E-state index contributed by atoms with van der Waals surface area (Å²) in [5.74, 6) is 2.09. The van der Waals surface area contributed by atoms with Crippen LogP contribution < -0.4 is 20.2 Å². The van der Waals surface area contributed by atoms with E-state index in [9.17, 15) is 9.59 Å². The summed E-state index contributed by atoms with van der Waals surface area (Å²) in [5.41, 5.74) is 8.83. The lowest BCUT2D eigenvalue weighted by atomic mass is 9.99. The van der Waals surface area contributed by atoms with E-state index in [0.29, 0.717) is 81.7 Å². The van der Waals surface area contributed by atoms with E-state index in [1.807, 2.05) is 13.0 Å². The molecule has 3 N–H and O–H groups in total. The number of carbonyl (C=O) groups excluding carboxylic acids is 2. The molecule has 3 aromatic rings. The van der Waals surface area contributed by atoms with Gasteiger partial charge in [-0.2, -0.15) is 16.7 Å². The minimum absolute atomic E-state index is 0.00711. The molecule has 0 saturated heterocycles. The van der Waals surface area contributed by atoms with Crippen LogP contribution in [0.1, 0.15) is 95.7 Å². The van der Waals surface area contributed by atoms with Gasteiger partial charge in [0.15, 0.2) is 5.82 Å². The molecule has 2 atom stereocenters. The first kappa shape index (κ1) is 40.3. The van der Waals surface area contributed by atoms with Crippen LogP contribution in [0.25, 0.3) is 0 Å². The summed E-state index contributed by atoms with van der Waals surface area (Å²) in [6.45, 7) is 17.3. The normalized spacial score (nSPS) is 17.9. The number of hydrogen-bond acceptors (Lipinski definition) is 12. The Bertz CT molecular complexity index is 1690. The van der Waals surface area contributed by atoms with Crippen molar-refractivity contribution >= 4 is 49.2 Å². The first-order valence-corrected chi connectivity index (χ1v) is 21.7. The van der Waals surface area contributed by atoms with Gasteiger partial charge in [0.05, 0.1) is 36.4 Å². The number of aromatic nitrogens is 2. The van der Waals surface area contributed by atoms with Gasteiger partial charge in [0.1, 0.15) is 17.5 Å². The Labute approximate surface area is 312 Å². The Hall–Kier alpha value is -3.46. The Morgan fingerprint density at radius 3 is 2.51 bits per heavy atom. The average Bonchev–Trinajstić information content (AvgIpc) is 3.53. The van der Waals surface area contributed by atoms with Crippen LogP contribution in [-0.2, 0) is 21.8 Å². The summed E-state index contributed by atoms with van der Waals surface area (Å²) in [5, 5.41) is 7.33. The molecule has 0 unspecified atom stereocenters. The lowest BCUT2D eigenvalue weighted by Crippen LogP contribution is -2.48. The number of nitrogens with zero attached hydrogens (tertiary/aromatic N) is 2. The van der Waals surface area contributed by atoms with Gasteiger partial charge in [-0.15, -0.1) is 0 Å². The second-order valence-electron chi connectivity index (χ2n) is 14.4. The maximum atomic E-state index is 14.2. The van der Waals surface area contributed by atoms with Gasteiger partial charge in [-0.3, -0.25) is 0 Å². The van der Waals surface area contributed by atoms with Gasteiger partial charge in [0.25, 0.3) is 8.32 Å². The van der Waals surface area contributed by atoms with Crippen molar-refractivity contribution in [2.75, 3.05) is 26.1 Å². The second kappa shape index (κ2) is 17.4. The first-order chi connectivity index (χ1) is 24.1. The van der Waals surface area contributed by atoms with Gasteiger partial charge in [-0.25, -0.2) is 9.59 Å². The summed E-state index contributed by atoms with van der Waals surface area (Å²) >= 11 is 7.37. The molecular weight excluding hydrogens is 705 g/mol. The monoisotopic (exact) mass is 756 g/mol. The molecule has 2 aromatic carbocycles. The van der Waals surface area contributed by atoms with Crippen LogP contribution in [0.3, 0.4) is 0 Å². The highest BCUT2D eigenvalue weighted by Crippen LogP contribution is 2.47. The molecule has 0 fully saturated rings. The van der Waals surface area contributed by atoms with Crippen molar-refractivity contribution in [3.05, 3.63) is 69.9 Å². The van der Waals surface area contributed by atoms with Crippen molar-refractivity contribution < 1.29 is 32.7 Å². The van der Waals surface area contributed by atoms with E-state index in [0.717, 1.165) is 11.1 Å². The number of thiocarbonyl (C=S) groups is 1. The van der Waals surface area contributed by atoms with Crippen molar-refractivity contribution in [3.63, 3.8) is 0 Å². The second-order valence-corrected chi connectivity index (χ2v) is 20.4. The van der Waals surface area contributed by atoms with E-state index >= 15 is 0 Å². The number of carbonyl (C=O) groups is 2. The smallest absolute Gasteiger partial charge is 0.338 e. The molecule has 14 heteroatoms. The predicted molar refractivity (Wildman–Crippen MR) is 206 cm³/mol. The van der Waals surface area contributed by atoms with E-state index in [1.165, 1.54) is 0 Å². The Kier molecular flexibility index (Phi) is 13.7. The number of rotatable bonds is 10. The summed E-state index contributed by atoms with van der Waals surface area (Å²) < 4.78 is 30.2. The van der Waals surface area contributed by atoms with E-state index in [2.05, 4.69) is 56.2 Å². The summed E-state index contributed by atoms with van der Waals surface area (Å²) in [6.07, 6.45) is 0.949. The van der Waals surface area contributed by atoms with Crippen LogP contribution >= 0.6 is 24.0 Å². The molecule has 4 rings (SSSR count). The third-order valence-corrected chi connectivity index (χ3v) is 16.0. The van der Waals surface area contributed by atoms with Crippen molar-refractivity contribution in [2.45, 2.75) is 90.9 Å². The molecule has 1 aliphatic rings. The molecule has 0 radical (unpaired) electrons. The number of esters is 2. The van der Waals surface area contributed by atoms with E-state index < -0.39 is 20.3 Å². The largest absolute Gasteiger partial charge is 0.543 e. The number of fused-ring (bicyclic) bond motifs is 1. The molecule has 0 saturated carbocycles. The topological polar surface area (TPSA) is 148 Å². The molecule has 0 aliphatic carbocycles. The van der Waals surface area contributed by atoms with Crippen LogP contribution in [-0.4, -0.2) is 61.5 Å². The number of nitrogens with two attached hydrogens (primary N) is 1. The molecule has 1 aliphatic heterocycles. The van der Waals surface area contributed by atoms with Crippen LogP contribution in [0.4, 0.5) is 0 Å². The van der Waals surface area contributed by atoms with Crippen LogP contribution in [0.2, 0.25) is 18.1 Å². The summed E-state index contributed by atoms with van der Waals surface area (Å²) in [6, 6.07) is 8.49. The van der Waals surface area contributed by atoms with Crippen LogP contribution in [0.5, 0.6) is 11.5 Å². The molecular formula is C37H52N4O7S2Si. The van der Waals surface area contributed by atoms with Crippen molar-refractivity contribution in [3.8, 4) is 11.5 Å². The molecule has 0 amide bonds. The zero-order valence-corrected chi connectivity index (χ0v) is 33.8. The predicted octanol–water partition coefficient (Wildman–Crippen LogP) is 7.49. The number of thioether (sulfide) groups is 1. The maximum absolute atomic E-state index is 14.2. The summed E-state index contributed by atoms with van der Waals surface area (Å²) in [7, 11) is -0.841. The Morgan fingerprint density at radius 2 is 1.90 bits per heavy atom. The number of ether oxygens (including phenoxy) is 3. The average molecular weight is 757 g/mol. The van der Waals surface area contributed by atoms with E-state index in [4.69, 9.17) is 41.1 Å². The van der Waals surface area contributed by atoms with Gasteiger partial charge < -0.3 is 34.2 Å². The van der Waals surface area contributed by atoms with Crippen molar-refractivity contribution in [1.82, 2.24) is 15.5 Å². The summed E-state index contributed by atoms with van der Waals surface area (Å²) in [4.78, 5) is 32.2. The number of hydrogen-bond donors (Lipinski definition) is 2. The fourth-order valence-corrected chi connectivity index (χ4v) is 9.37. The first-order valence-electron chi connectivity index (χ1n) is 17.3. The lowest BCUT2D eigenvalue weighted by Gasteiger charge is -2.43. The number of benzene rings is 2. The Balaban J connectivity index is 1.72. The SMILES string of the molecule is COc1cc(O[Si](C)(C)C(C)(C)C(C)C)c2c(c1C)C(=O)OC[C@H](COC(=O)c1ccc(CN)cc1)CCC(=S)N[C@H](c1nc(C)no1)CSC2. The van der Waals surface area contributed by atoms with Crippen molar-refractivity contribution in [2.24, 2.45) is 17.6 Å². The highest BCUT2D eigenvalue weighted by atomic mass is 32.2. The molecule has 11 nitrogen and oxygen atoms in total. The molecule has 1 aromatic heterocycles. The molecule has 2 heterocycles.